The predicted octanol–water partition coefficient (Wildman–Crippen LogP) is 3.88. The first kappa shape index (κ1) is 19.8. The van der Waals surface area contributed by atoms with Crippen LogP contribution in [0.1, 0.15) is 23.2 Å². The first-order valence-electron chi connectivity index (χ1n) is 8.65. The molecule has 3 rings (SSSR count). The van der Waals surface area contributed by atoms with Crippen LogP contribution in [0.15, 0.2) is 42.5 Å². The fourth-order valence-electron chi connectivity index (χ4n) is 3.10. The highest BCUT2D eigenvalue weighted by Crippen LogP contribution is 2.28. The van der Waals surface area contributed by atoms with Gasteiger partial charge in [-0.1, -0.05) is 17.7 Å². The van der Waals surface area contributed by atoms with Gasteiger partial charge in [-0.3, -0.25) is 19.7 Å². The van der Waals surface area contributed by atoms with Gasteiger partial charge >= 0.3 is 0 Å². The Labute approximate surface area is 165 Å². The summed E-state index contributed by atoms with van der Waals surface area (Å²) in [5.74, 6) is -1.31. The molecule has 1 heterocycles. The van der Waals surface area contributed by atoms with Crippen molar-refractivity contribution in [3.05, 3.63) is 69.0 Å². The number of benzene rings is 2. The van der Waals surface area contributed by atoms with Gasteiger partial charge in [0.25, 0.3) is 11.6 Å². The summed E-state index contributed by atoms with van der Waals surface area (Å²) < 4.78 is 13.3. The molecular weight excluding hydrogens is 389 g/mol. The molecule has 146 valence electrons. The molecule has 9 heteroatoms. The van der Waals surface area contributed by atoms with Crippen LogP contribution in [0.4, 0.5) is 15.8 Å². The molecule has 0 spiro atoms. The van der Waals surface area contributed by atoms with E-state index in [9.17, 15) is 24.1 Å². The third-order valence-electron chi connectivity index (χ3n) is 4.65. The van der Waals surface area contributed by atoms with E-state index in [1.54, 1.807) is 11.0 Å². The Hall–Kier alpha value is -3.00. The maximum Gasteiger partial charge on any atom is 0.271 e. The number of nitro benzene ring substituents is 1. The average Bonchev–Trinajstić information content (AvgIpc) is 2.69. The molecule has 1 saturated heterocycles. The van der Waals surface area contributed by atoms with E-state index >= 15 is 0 Å². The number of amides is 2. The highest BCUT2D eigenvalue weighted by atomic mass is 35.5. The van der Waals surface area contributed by atoms with Crippen LogP contribution < -0.4 is 5.32 Å². The van der Waals surface area contributed by atoms with Crippen molar-refractivity contribution in [1.29, 1.82) is 0 Å². The van der Waals surface area contributed by atoms with Crippen molar-refractivity contribution < 1.29 is 18.9 Å². The van der Waals surface area contributed by atoms with Gasteiger partial charge < -0.3 is 10.2 Å². The standard InChI is InChI=1S/C19H17ClFN3O4/c20-16-11-15(24(27)28)4-5-17(16)22-18(25)12-6-8-23(9-7-12)19(26)13-2-1-3-14(21)10-13/h1-5,10-12H,6-9H2,(H,22,25). The maximum atomic E-state index is 13.3. The number of nitro groups is 1. The van der Waals surface area contributed by atoms with Gasteiger partial charge in [0.05, 0.1) is 15.6 Å². The number of anilines is 1. The highest BCUT2D eigenvalue weighted by Gasteiger charge is 2.28. The molecule has 2 amide bonds. The number of likely N-dealkylation sites (tertiary alicyclic amines) is 1. The van der Waals surface area contributed by atoms with Crippen molar-refractivity contribution in [1.82, 2.24) is 4.90 Å². The zero-order valence-electron chi connectivity index (χ0n) is 14.7. The molecule has 0 aromatic heterocycles. The largest absolute Gasteiger partial charge is 0.339 e. The Morgan fingerprint density at radius 2 is 1.89 bits per heavy atom. The first-order valence-corrected chi connectivity index (χ1v) is 9.02. The molecule has 1 fully saturated rings. The molecule has 0 aliphatic carbocycles. The molecule has 2 aromatic rings. The summed E-state index contributed by atoms with van der Waals surface area (Å²) in [5.41, 5.74) is 0.420. The van der Waals surface area contributed by atoms with Crippen LogP contribution in [-0.2, 0) is 4.79 Å². The van der Waals surface area contributed by atoms with E-state index in [1.165, 1.54) is 36.4 Å². The molecule has 0 atom stereocenters. The van der Waals surface area contributed by atoms with Crippen LogP contribution in [0.2, 0.25) is 5.02 Å². The van der Waals surface area contributed by atoms with Crippen molar-refractivity contribution in [3.63, 3.8) is 0 Å². The van der Waals surface area contributed by atoms with Crippen LogP contribution in [0.25, 0.3) is 0 Å². The second kappa shape index (κ2) is 8.35. The number of halogens is 2. The Morgan fingerprint density at radius 1 is 1.18 bits per heavy atom. The monoisotopic (exact) mass is 405 g/mol. The Balaban J connectivity index is 1.58. The first-order chi connectivity index (χ1) is 13.3. The summed E-state index contributed by atoms with van der Waals surface area (Å²) >= 11 is 6.00. The van der Waals surface area contributed by atoms with Crippen molar-refractivity contribution in [2.75, 3.05) is 18.4 Å². The van der Waals surface area contributed by atoms with E-state index in [-0.39, 0.29) is 34.0 Å². The van der Waals surface area contributed by atoms with Gasteiger partial charge in [-0.05, 0) is 37.1 Å². The summed E-state index contributed by atoms with van der Waals surface area (Å²) in [6.07, 6.45) is 0.912. The lowest BCUT2D eigenvalue weighted by Crippen LogP contribution is -2.41. The molecule has 2 aromatic carbocycles. The Morgan fingerprint density at radius 3 is 2.50 bits per heavy atom. The lowest BCUT2D eigenvalue weighted by atomic mass is 9.95. The number of hydrogen-bond donors (Lipinski definition) is 1. The summed E-state index contributed by atoms with van der Waals surface area (Å²) in [4.78, 5) is 36.7. The van der Waals surface area contributed by atoms with E-state index < -0.39 is 10.7 Å². The van der Waals surface area contributed by atoms with Crippen LogP contribution in [0, 0.1) is 21.8 Å². The number of carbonyl (C=O) groups excluding carboxylic acids is 2. The minimum Gasteiger partial charge on any atom is -0.339 e. The second-order valence-corrected chi connectivity index (χ2v) is 6.89. The number of nitrogens with one attached hydrogen (secondary N) is 1. The van der Waals surface area contributed by atoms with Gasteiger partial charge in [-0.15, -0.1) is 0 Å². The molecule has 0 unspecified atom stereocenters. The molecule has 1 aliphatic rings. The molecule has 0 radical (unpaired) electrons. The second-order valence-electron chi connectivity index (χ2n) is 6.49. The zero-order valence-corrected chi connectivity index (χ0v) is 15.5. The normalized spacial score (nSPS) is 14.6. The van der Waals surface area contributed by atoms with Gasteiger partial charge in [-0.2, -0.15) is 0 Å². The summed E-state index contributed by atoms with van der Waals surface area (Å²) in [6.45, 7) is 0.753. The number of non-ortho nitro benzene ring substituents is 1. The smallest absolute Gasteiger partial charge is 0.271 e. The molecule has 1 aliphatic heterocycles. The molecule has 7 nitrogen and oxygen atoms in total. The van der Waals surface area contributed by atoms with Gasteiger partial charge in [-0.25, -0.2) is 4.39 Å². The van der Waals surface area contributed by atoms with Crippen molar-refractivity contribution >= 4 is 34.8 Å². The van der Waals surface area contributed by atoms with E-state index in [1.807, 2.05) is 0 Å². The van der Waals surface area contributed by atoms with Crippen molar-refractivity contribution in [2.24, 2.45) is 5.92 Å². The summed E-state index contributed by atoms with van der Waals surface area (Å²) in [5, 5.41) is 13.5. The number of carbonyl (C=O) groups is 2. The van der Waals surface area contributed by atoms with Crippen LogP contribution in [0.3, 0.4) is 0 Å². The number of rotatable bonds is 4. The lowest BCUT2D eigenvalue weighted by Gasteiger charge is -2.31. The number of hydrogen-bond acceptors (Lipinski definition) is 4. The molecule has 28 heavy (non-hydrogen) atoms. The van der Waals surface area contributed by atoms with Crippen LogP contribution in [-0.4, -0.2) is 34.7 Å². The fraction of sp³-hybridized carbons (Fsp3) is 0.263. The minimum atomic E-state index is -0.567. The van der Waals surface area contributed by atoms with Crippen LogP contribution >= 0.6 is 11.6 Å². The van der Waals surface area contributed by atoms with E-state index in [0.717, 1.165) is 0 Å². The number of piperidine rings is 1. The topological polar surface area (TPSA) is 92.5 Å². The van der Waals surface area contributed by atoms with Crippen molar-refractivity contribution in [2.45, 2.75) is 12.8 Å². The molecule has 1 N–H and O–H groups in total. The van der Waals surface area contributed by atoms with Gasteiger partial charge in [0.1, 0.15) is 5.82 Å². The van der Waals surface area contributed by atoms with Crippen LogP contribution in [0.5, 0.6) is 0 Å². The SMILES string of the molecule is O=C(Nc1ccc([N+](=O)[O-])cc1Cl)C1CCN(C(=O)c2cccc(F)c2)CC1. The lowest BCUT2D eigenvalue weighted by molar-refractivity contribution is -0.384. The third kappa shape index (κ3) is 4.45. The third-order valence-corrected chi connectivity index (χ3v) is 4.96. The summed E-state index contributed by atoms with van der Waals surface area (Å²) in [6, 6.07) is 9.34. The van der Waals surface area contributed by atoms with Gasteiger partial charge in [0, 0.05) is 36.7 Å². The minimum absolute atomic E-state index is 0.0845. The molecule has 0 bridgehead atoms. The zero-order chi connectivity index (χ0) is 20.3. The van der Waals surface area contributed by atoms with Crippen molar-refractivity contribution in [3.8, 4) is 0 Å². The Bertz CT molecular complexity index is 929. The quantitative estimate of drug-likeness (QED) is 0.617. The Kier molecular flexibility index (Phi) is 5.89. The van der Waals surface area contributed by atoms with Gasteiger partial charge in [0.15, 0.2) is 0 Å². The molecule has 0 saturated carbocycles. The molecular formula is C19H17ClFN3O4. The van der Waals surface area contributed by atoms with E-state index in [2.05, 4.69) is 5.32 Å². The number of nitrogens with zero attached hydrogens (tertiary/aromatic N) is 2. The summed E-state index contributed by atoms with van der Waals surface area (Å²) in [7, 11) is 0. The maximum absolute atomic E-state index is 13.3. The fourth-order valence-corrected chi connectivity index (χ4v) is 3.32. The van der Waals surface area contributed by atoms with Gasteiger partial charge in [0.2, 0.25) is 5.91 Å². The van der Waals surface area contributed by atoms with E-state index in [0.29, 0.717) is 31.6 Å². The van der Waals surface area contributed by atoms with E-state index in [4.69, 9.17) is 11.6 Å². The average molecular weight is 406 g/mol. The predicted molar refractivity (Wildman–Crippen MR) is 102 cm³/mol. The highest BCUT2D eigenvalue weighted by molar-refractivity contribution is 6.34.